The number of ketones is 1. The second-order valence-electron chi connectivity index (χ2n) is 7.40. The molecular formula is C22H23FN3O4+. The smallest absolute Gasteiger partial charge is 0.295 e. The van der Waals surface area contributed by atoms with Crippen molar-refractivity contribution in [2.24, 2.45) is 0 Å². The number of hydrogen-bond acceptors (Lipinski definition) is 5. The van der Waals surface area contributed by atoms with Crippen LogP contribution in [0.15, 0.2) is 54.4 Å². The normalized spacial score (nSPS) is 21.9. The Balaban J connectivity index is 1.71. The van der Waals surface area contributed by atoms with Crippen LogP contribution in [0.3, 0.4) is 0 Å². The molecule has 8 heteroatoms. The van der Waals surface area contributed by atoms with E-state index in [9.17, 15) is 19.1 Å². The van der Waals surface area contributed by atoms with Gasteiger partial charge in [0, 0.05) is 18.0 Å². The highest BCUT2D eigenvalue weighted by atomic mass is 19.1. The fourth-order valence-corrected chi connectivity index (χ4v) is 3.95. The average Bonchev–Trinajstić information content (AvgIpc) is 3.04. The van der Waals surface area contributed by atoms with Crippen LogP contribution in [0.1, 0.15) is 17.2 Å². The standard InChI is InChI=1S/C22H22FN3O4/c23-17-5-3-15(4-6-17)20(27)18-19(16-2-1-7-24-14-16)26(22(29)21(18)28)9-8-25-10-12-30-13-11-25/h1-7,14,19,27H,8-13H2/p+1/t19-/m0/s1. The summed E-state index contributed by atoms with van der Waals surface area (Å²) >= 11 is 0. The largest absolute Gasteiger partial charge is 0.507 e. The van der Waals surface area contributed by atoms with Crippen molar-refractivity contribution < 1.29 is 28.7 Å². The molecule has 2 aliphatic heterocycles. The first kappa shape index (κ1) is 20.2. The highest BCUT2D eigenvalue weighted by Gasteiger charge is 2.46. The molecule has 2 N–H and O–H groups in total. The van der Waals surface area contributed by atoms with Crippen molar-refractivity contribution in [3.05, 3.63) is 71.3 Å². The van der Waals surface area contributed by atoms with E-state index in [0.29, 0.717) is 31.9 Å². The number of pyridine rings is 1. The van der Waals surface area contributed by atoms with Gasteiger partial charge in [-0.25, -0.2) is 4.39 Å². The Bertz CT molecular complexity index is 956. The van der Waals surface area contributed by atoms with Gasteiger partial charge in [0.25, 0.3) is 11.7 Å². The third-order valence-corrected chi connectivity index (χ3v) is 5.56. The Kier molecular flexibility index (Phi) is 5.87. The van der Waals surface area contributed by atoms with Crippen LogP contribution in [0.5, 0.6) is 0 Å². The van der Waals surface area contributed by atoms with E-state index < -0.39 is 23.5 Å². The van der Waals surface area contributed by atoms with Crippen molar-refractivity contribution in [3.63, 3.8) is 0 Å². The molecule has 7 nitrogen and oxygen atoms in total. The molecule has 30 heavy (non-hydrogen) atoms. The molecule has 1 aromatic carbocycles. The molecule has 0 spiro atoms. The number of likely N-dealkylation sites (tertiary alicyclic amines) is 1. The number of halogens is 1. The number of benzene rings is 1. The number of morpholine rings is 1. The number of carbonyl (C=O) groups excluding carboxylic acids is 2. The van der Waals surface area contributed by atoms with Crippen molar-refractivity contribution in [1.82, 2.24) is 9.88 Å². The van der Waals surface area contributed by atoms with Crippen LogP contribution in [0.25, 0.3) is 5.76 Å². The number of nitrogens with zero attached hydrogens (tertiary/aromatic N) is 2. The number of amides is 1. The number of aromatic nitrogens is 1. The molecule has 0 aliphatic carbocycles. The summed E-state index contributed by atoms with van der Waals surface area (Å²) in [6.45, 7) is 4.06. The first-order valence-electron chi connectivity index (χ1n) is 9.92. The Labute approximate surface area is 173 Å². The van der Waals surface area contributed by atoms with Crippen molar-refractivity contribution in [2.45, 2.75) is 6.04 Å². The van der Waals surface area contributed by atoms with Crippen LogP contribution < -0.4 is 4.90 Å². The van der Waals surface area contributed by atoms with Crippen LogP contribution in [-0.4, -0.2) is 66.1 Å². The zero-order valence-electron chi connectivity index (χ0n) is 16.4. The minimum atomic E-state index is -0.748. The van der Waals surface area contributed by atoms with E-state index in [4.69, 9.17) is 4.74 Å². The number of ether oxygens (including phenoxy) is 1. The predicted molar refractivity (Wildman–Crippen MR) is 106 cm³/mol. The van der Waals surface area contributed by atoms with E-state index in [1.165, 1.54) is 34.1 Å². The maximum Gasteiger partial charge on any atom is 0.295 e. The fraction of sp³-hybridized carbons (Fsp3) is 0.318. The summed E-state index contributed by atoms with van der Waals surface area (Å²) in [6.07, 6.45) is 3.19. The highest BCUT2D eigenvalue weighted by molar-refractivity contribution is 6.46. The summed E-state index contributed by atoms with van der Waals surface area (Å²) in [5.41, 5.74) is 0.913. The molecule has 2 aliphatic rings. The number of hydrogen-bond donors (Lipinski definition) is 2. The third-order valence-electron chi connectivity index (χ3n) is 5.56. The molecule has 0 radical (unpaired) electrons. The van der Waals surface area contributed by atoms with Gasteiger partial charge in [0.15, 0.2) is 0 Å². The maximum absolute atomic E-state index is 13.3. The first-order valence-corrected chi connectivity index (χ1v) is 9.92. The molecule has 156 valence electrons. The molecule has 1 amide bonds. The van der Waals surface area contributed by atoms with Gasteiger partial charge in [0.05, 0.1) is 37.9 Å². The monoisotopic (exact) mass is 412 g/mol. The summed E-state index contributed by atoms with van der Waals surface area (Å²) in [5, 5.41) is 10.9. The predicted octanol–water partition coefficient (Wildman–Crippen LogP) is 0.558. The molecule has 1 aromatic heterocycles. The van der Waals surface area contributed by atoms with Gasteiger partial charge in [-0.3, -0.25) is 14.6 Å². The lowest BCUT2D eigenvalue weighted by molar-refractivity contribution is -0.907. The number of carbonyl (C=O) groups is 2. The van der Waals surface area contributed by atoms with Crippen LogP contribution >= 0.6 is 0 Å². The Morgan fingerprint density at radius 1 is 1.20 bits per heavy atom. The number of quaternary nitrogens is 1. The molecule has 2 aromatic rings. The number of nitrogens with one attached hydrogen (secondary N) is 1. The lowest BCUT2D eigenvalue weighted by Gasteiger charge is -2.29. The average molecular weight is 412 g/mol. The highest BCUT2D eigenvalue weighted by Crippen LogP contribution is 2.38. The van der Waals surface area contributed by atoms with Crippen LogP contribution in [-0.2, 0) is 14.3 Å². The summed E-state index contributed by atoms with van der Waals surface area (Å²) in [7, 11) is 0. The lowest BCUT2D eigenvalue weighted by atomic mass is 9.96. The SMILES string of the molecule is O=C1C(=O)N(CC[NH+]2CCOCC2)[C@@H](c2cccnc2)C1=C(O)c1ccc(F)cc1. The van der Waals surface area contributed by atoms with Gasteiger partial charge in [0.2, 0.25) is 0 Å². The second kappa shape index (κ2) is 8.73. The molecule has 0 bridgehead atoms. The first-order chi connectivity index (χ1) is 14.6. The van der Waals surface area contributed by atoms with Gasteiger partial charge in [0.1, 0.15) is 24.7 Å². The maximum atomic E-state index is 13.3. The van der Waals surface area contributed by atoms with Gasteiger partial charge in [-0.15, -0.1) is 0 Å². The van der Waals surface area contributed by atoms with Gasteiger partial charge in [-0.2, -0.15) is 0 Å². The van der Waals surface area contributed by atoms with E-state index >= 15 is 0 Å². The van der Waals surface area contributed by atoms with E-state index in [1.807, 2.05) is 0 Å². The molecule has 2 fully saturated rings. The van der Waals surface area contributed by atoms with Crippen LogP contribution in [0.4, 0.5) is 4.39 Å². The molecule has 0 unspecified atom stereocenters. The molecule has 0 saturated carbocycles. The quantitative estimate of drug-likeness (QED) is 0.426. The van der Waals surface area contributed by atoms with Crippen LogP contribution in [0.2, 0.25) is 0 Å². The van der Waals surface area contributed by atoms with Crippen molar-refractivity contribution in [2.75, 3.05) is 39.4 Å². The molecule has 2 saturated heterocycles. The van der Waals surface area contributed by atoms with E-state index in [0.717, 1.165) is 13.1 Å². The number of aliphatic hydroxyl groups excluding tert-OH is 1. The van der Waals surface area contributed by atoms with Gasteiger partial charge in [-0.05, 0) is 35.9 Å². The number of rotatable bonds is 5. The van der Waals surface area contributed by atoms with Crippen molar-refractivity contribution in [3.8, 4) is 0 Å². The van der Waals surface area contributed by atoms with Crippen molar-refractivity contribution >= 4 is 17.4 Å². The van der Waals surface area contributed by atoms with E-state index in [2.05, 4.69) is 4.98 Å². The topological polar surface area (TPSA) is 84.2 Å². The van der Waals surface area contributed by atoms with Gasteiger partial charge >= 0.3 is 0 Å². The lowest BCUT2D eigenvalue weighted by Crippen LogP contribution is -3.14. The molecule has 4 rings (SSSR count). The zero-order valence-corrected chi connectivity index (χ0v) is 16.4. The number of aliphatic hydroxyl groups is 1. The summed E-state index contributed by atoms with van der Waals surface area (Å²) < 4.78 is 18.7. The second-order valence-corrected chi connectivity index (χ2v) is 7.40. The summed E-state index contributed by atoms with van der Waals surface area (Å²) in [4.78, 5) is 32.7. The Morgan fingerprint density at radius 3 is 2.60 bits per heavy atom. The van der Waals surface area contributed by atoms with E-state index in [-0.39, 0.29) is 16.9 Å². The Morgan fingerprint density at radius 2 is 1.93 bits per heavy atom. The molecular weight excluding hydrogens is 389 g/mol. The molecule has 1 atom stereocenters. The minimum absolute atomic E-state index is 0.00316. The summed E-state index contributed by atoms with van der Waals surface area (Å²) in [5.74, 6) is -2.17. The van der Waals surface area contributed by atoms with E-state index in [1.54, 1.807) is 24.5 Å². The van der Waals surface area contributed by atoms with Gasteiger partial charge < -0.3 is 19.6 Å². The van der Waals surface area contributed by atoms with Gasteiger partial charge in [-0.1, -0.05) is 6.07 Å². The zero-order chi connectivity index (χ0) is 21.1. The Hall–Kier alpha value is -3.10. The minimum Gasteiger partial charge on any atom is -0.507 e. The van der Waals surface area contributed by atoms with Crippen LogP contribution in [0, 0.1) is 5.82 Å². The molecule has 3 heterocycles. The van der Waals surface area contributed by atoms with Crippen molar-refractivity contribution in [1.29, 1.82) is 0 Å². The number of Topliss-reactive ketones (excluding diaryl/α,β-unsaturated/α-hetero) is 1. The fourth-order valence-electron chi connectivity index (χ4n) is 3.95. The summed E-state index contributed by atoms with van der Waals surface area (Å²) in [6, 6.07) is 7.92. The third kappa shape index (κ3) is 3.96.